The number of anilines is 1. The van der Waals surface area contributed by atoms with Crippen LogP contribution in [0.5, 0.6) is 5.75 Å². The number of aromatic nitrogens is 1. The molecule has 3 aromatic rings. The van der Waals surface area contributed by atoms with Crippen molar-refractivity contribution in [2.45, 2.75) is 12.0 Å². The van der Waals surface area contributed by atoms with Gasteiger partial charge in [-0.15, -0.1) is 10.1 Å². The van der Waals surface area contributed by atoms with E-state index >= 15 is 0 Å². The van der Waals surface area contributed by atoms with E-state index in [1.54, 1.807) is 24.3 Å². The second-order valence-electron chi connectivity index (χ2n) is 6.39. The molecule has 1 aliphatic heterocycles. The minimum absolute atomic E-state index is 0.00335. The van der Waals surface area contributed by atoms with Crippen molar-refractivity contribution in [1.82, 2.24) is 4.57 Å². The Hall–Kier alpha value is -3.94. The number of carbonyl (C=O) groups is 1. The van der Waals surface area contributed by atoms with Crippen molar-refractivity contribution in [3.8, 4) is 5.75 Å². The number of rotatable bonds is 4. The maximum absolute atomic E-state index is 12.9. The average Bonchev–Trinajstić information content (AvgIpc) is 2.68. The fourth-order valence-corrected chi connectivity index (χ4v) is 3.54. The van der Waals surface area contributed by atoms with E-state index in [9.17, 15) is 19.7 Å². The standard InChI is InChI=1S/C20H15N3O5/c24-18-8-4-7-17-21-20(13-19(25)22(17)18,14-5-2-1-3-6-14)15-9-11-16(12-10-15)28-23(26)27/h1-12,21H,13H2. The Labute approximate surface area is 159 Å². The molecule has 1 atom stereocenters. The van der Waals surface area contributed by atoms with Crippen molar-refractivity contribution in [2.75, 3.05) is 5.32 Å². The summed E-state index contributed by atoms with van der Waals surface area (Å²) < 4.78 is 1.12. The van der Waals surface area contributed by atoms with Crippen LogP contribution < -0.4 is 15.7 Å². The van der Waals surface area contributed by atoms with Gasteiger partial charge < -0.3 is 5.32 Å². The van der Waals surface area contributed by atoms with Crippen LogP contribution in [0.2, 0.25) is 0 Å². The predicted molar refractivity (Wildman–Crippen MR) is 101 cm³/mol. The van der Waals surface area contributed by atoms with Gasteiger partial charge in [0, 0.05) is 6.07 Å². The molecule has 8 nitrogen and oxygen atoms in total. The van der Waals surface area contributed by atoms with Crippen molar-refractivity contribution in [1.29, 1.82) is 0 Å². The SMILES string of the molecule is O=C1CC(c2ccccc2)(c2ccc(O[N+](=O)[O-])cc2)Nc2cccc(=O)n21. The van der Waals surface area contributed by atoms with Gasteiger partial charge in [-0.3, -0.25) is 14.4 Å². The van der Waals surface area contributed by atoms with E-state index in [1.807, 2.05) is 30.3 Å². The molecule has 0 aliphatic carbocycles. The van der Waals surface area contributed by atoms with Crippen LogP contribution in [0.3, 0.4) is 0 Å². The number of nitrogens with zero attached hydrogens (tertiary/aromatic N) is 2. The van der Waals surface area contributed by atoms with Crippen molar-refractivity contribution < 1.29 is 14.7 Å². The first-order chi connectivity index (χ1) is 13.5. The molecule has 0 saturated heterocycles. The minimum atomic E-state index is -0.931. The molecule has 0 bridgehead atoms. The van der Waals surface area contributed by atoms with Gasteiger partial charge in [-0.25, -0.2) is 4.57 Å². The van der Waals surface area contributed by atoms with Crippen molar-refractivity contribution in [3.05, 3.63) is 104 Å². The molecule has 1 N–H and O–H groups in total. The molecule has 0 spiro atoms. The zero-order valence-corrected chi connectivity index (χ0v) is 14.6. The Morgan fingerprint density at radius 1 is 0.929 bits per heavy atom. The van der Waals surface area contributed by atoms with Gasteiger partial charge in [-0.05, 0) is 29.3 Å². The smallest absolute Gasteiger partial charge is 0.299 e. The van der Waals surface area contributed by atoms with Gasteiger partial charge >= 0.3 is 0 Å². The number of benzene rings is 2. The topological polar surface area (TPSA) is 103 Å². The highest BCUT2D eigenvalue weighted by atomic mass is 17.0. The van der Waals surface area contributed by atoms with Crippen LogP contribution in [0.1, 0.15) is 22.3 Å². The van der Waals surface area contributed by atoms with E-state index in [-0.39, 0.29) is 18.1 Å². The van der Waals surface area contributed by atoms with Crippen LogP contribution in [0.4, 0.5) is 5.82 Å². The lowest BCUT2D eigenvalue weighted by atomic mass is 9.78. The van der Waals surface area contributed by atoms with Gasteiger partial charge in [0.05, 0.1) is 12.0 Å². The zero-order chi connectivity index (χ0) is 19.7. The lowest BCUT2D eigenvalue weighted by Crippen LogP contribution is -2.47. The van der Waals surface area contributed by atoms with Crippen LogP contribution in [-0.2, 0) is 5.54 Å². The fraction of sp³-hybridized carbons (Fsp3) is 0.100. The summed E-state index contributed by atoms with van der Waals surface area (Å²) in [5.41, 5.74) is 0.213. The first-order valence-electron chi connectivity index (χ1n) is 8.51. The van der Waals surface area contributed by atoms with Crippen LogP contribution in [0.25, 0.3) is 0 Å². The zero-order valence-electron chi connectivity index (χ0n) is 14.6. The summed E-state index contributed by atoms with van der Waals surface area (Å²) in [6.45, 7) is 0. The van der Waals surface area contributed by atoms with Gasteiger partial charge in [0.15, 0.2) is 0 Å². The summed E-state index contributed by atoms with van der Waals surface area (Å²) in [5.74, 6) is 0.128. The molecule has 0 radical (unpaired) electrons. The third-order valence-electron chi connectivity index (χ3n) is 4.76. The highest BCUT2D eigenvalue weighted by Gasteiger charge is 2.41. The van der Waals surface area contributed by atoms with E-state index < -0.39 is 16.2 Å². The largest absolute Gasteiger partial charge is 0.357 e. The number of nitrogens with one attached hydrogen (secondary N) is 1. The third kappa shape index (κ3) is 2.90. The maximum atomic E-state index is 12.9. The van der Waals surface area contributed by atoms with Gasteiger partial charge in [0.25, 0.3) is 10.6 Å². The van der Waals surface area contributed by atoms with Crippen molar-refractivity contribution >= 4 is 11.7 Å². The highest BCUT2D eigenvalue weighted by Crippen LogP contribution is 2.40. The second-order valence-corrected chi connectivity index (χ2v) is 6.39. The lowest BCUT2D eigenvalue weighted by molar-refractivity contribution is -0.711. The molecule has 1 aliphatic rings. The van der Waals surface area contributed by atoms with E-state index in [4.69, 9.17) is 0 Å². The predicted octanol–water partition coefficient (Wildman–Crippen LogP) is 2.82. The number of carbonyl (C=O) groups excluding carboxylic acids is 1. The molecule has 0 fully saturated rings. The second kappa shape index (κ2) is 6.66. The molecular formula is C20H15N3O5. The molecule has 0 amide bonds. The summed E-state index contributed by atoms with van der Waals surface area (Å²) in [5, 5.41) is 13.0. The highest BCUT2D eigenvalue weighted by molar-refractivity contribution is 5.87. The number of fused-ring (bicyclic) bond motifs is 1. The normalized spacial score (nSPS) is 18.1. The van der Waals surface area contributed by atoms with Crippen LogP contribution in [-0.4, -0.2) is 15.6 Å². The molecule has 4 rings (SSSR count). The Balaban J connectivity index is 1.87. The number of hydrogen-bond acceptors (Lipinski definition) is 6. The average molecular weight is 377 g/mol. The molecule has 8 heteroatoms. The van der Waals surface area contributed by atoms with Crippen molar-refractivity contribution in [2.24, 2.45) is 0 Å². The quantitative estimate of drug-likeness (QED) is 0.554. The van der Waals surface area contributed by atoms with E-state index in [1.165, 1.54) is 18.2 Å². The first-order valence-corrected chi connectivity index (χ1v) is 8.51. The summed E-state index contributed by atoms with van der Waals surface area (Å²) >= 11 is 0. The molecule has 140 valence electrons. The van der Waals surface area contributed by atoms with Gasteiger partial charge in [-0.2, -0.15) is 0 Å². The third-order valence-corrected chi connectivity index (χ3v) is 4.76. The van der Waals surface area contributed by atoms with E-state index in [0.717, 1.165) is 10.1 Å². The summed E-state index contributed by atoms with van der Waals surface area (Å²) in [4.78, 5) is 40.0. The summed E-state index contributed by atoms with van der Waals surface area (Å²) in [6, 6.07) is 20.2. The summed E-state index contributed by atoms with van der Waals surface area (Å²) in [7, 11) is 0. The lowest BCUT2D eigenvalue weighted by Gasteiger charge is -2.40. The Bertz CT molecular complexity index is 1110. The van der Waals surface area contributed by atoms with E-state index in [2.05, 4.69) is 10.2 Å². The summed E-state index contributed by atoms with van der Waals surface area (Å²) in [6.07, 6.45) is 0.00335. The monoisotopic (exact) mass is 377 g/mol. The van der Waals surface area contributed by atoms with Gasteiger partial charge in [-0.1, -0.05) is 48.5 Å². The Morgan fingerprint density at radius 2 is 1.61 bits per heavy atom. The first kappa shape index (κ1) is 17.5. The van der Waals surface area contributed by atoms with Crippen molar-refractivity contribution in [3.63, 3.8) is 0 Å². The Kier molecular flexibility index (Phi) is 4.15. The van der Waals surface area contributed by atoms with Crippen LogP contribution in [0.15, 0.2) is 77.6 Å². The molecule has 28 heavy (non-hydrogen) atoms. The molecule has 1 unspecified atom stereocenters. The molecule has 2 heterocycles. The minimum Gasteiger partial charge on any atom is -0.357 e. The number of pyridine rings is 1. The fourth-order valence-electron chi connectivity index (χ4n) is 3.54. The van der Waals surface area contributed by atoms with Crippen LogP contribution >= 0.6 is 0 Å². The molecule has 0 saturated carbocycles. The van der Waals surface area contributed by atoms with E-state index in [0.29, 0.717) is 11.4 Å². The number of hydrogen-bond donors (Lipinski definition) is 1. The van der Waals surface area contributed by atoms with Crippen LogP contribution in [0, 0.1) is 10.1 Å². The molecule has 1 aromatic heterocycles. The van der Waals surface area contributed by atoms with Gasteiger partial charge in [0.1, 0.15) is 11.6 Å². The molecular weight excluding hydrogens is 362 g/mol. The Morgan fingerprint density at radius 3 is 2.29 bits per heavy atom. The molecule has 2 aromatic carbocycles. The van der Waals surface area contributed by atoms with Gasteiger partial charge in [0.2, 0.25) is 5.91 Å². The maximum Gasteiger partial charge on any atom is 0.299 e.